The molecule has 0 amide bonds. The normalized spacial score (nSPS) is 12.1. The van der Waals surface area contributed by atoms with Crippen molar-refractivity contribution < 1.29 is 9.50 Å². The molecule has 0 radical (unpaired) electrons. The summed E-state index contributed by atoms with van der Waals surface area (Å²) < 4.78 is 12.8. The molecule has 1 aromatic rings. The van der Waals surface area contributed by atoms with Gasteiger partial charge in [0.1, 0.15) is 11.6 Å². The van der Waals surface area contributed by atoms with E-state index >= 15 is 0 Å². The van der Waals surface area contributed by atoms with E-state index in [0.717, 1.165) is 0 Å². The number of benzene rings is 1. The number of halogens is 1. The monoisotopic (exact) mass is 197 g/mol. The summed E-state index contributed by atoms with van der Waals surface area (Å²) in [5, 5.41) is 9.40. The lowest BCUT2D eigenvalue weighted by atomic mass is 10.1. The van der Waals surface area contributed by atoms with Gasteiger partial charge in [-0.15, -0.1) is 0 Å². The van der Waals surface area contributed by atoms with Crippen LogP contribution in [0.2, 0.25) is 0 Å². The number of nitrogens with two attached hydrogens (primary N) is 2. The molecule has 0 heterocycles. The predicted octanol–water partition coefficient (Wildman–Crippen LogP) is 0.866. The van der Waals surface area contributed by atoms with Crippen LogP contribution in [0.15, 0.2) is 23.2 Å². The molecular formula is C9H12FN3O. The van der Waals surface area contributed by atoms with Gasteiger partial charge in [0.25, 0.3) is 0 Å². The Hall–Kier alpha value is -1.78. The van der Waals surface area contributed by atoms with Crippen LogP contribution in [0.5, 0.6) is 5.75 Å². The van der Waals surface area contributed by atoms with Crippen LogP contribution >= 0.6 is 0 Å². The maximum absolute atomic E-state index is 12.8. The van der Waals surface area contributed by atoms with Crippen molar-refractivity contribution in [3.8, 4) is 5.75 Å². The summed E-state index contributed by atoms with van der Waals surface area (Å²) in [5.74, 6) is -0.555. The van der Waals surface area contributed by atoms with Crippen molar-refractivity contribution in [2.45, 2.75) is 13.0 Å². The fourth-order valence-electron chi connectivity index (χ4n) is 1.15. The lowest BCUT2D eigenvalue weighted by Crippen LogP contribution is -2.23. The summed E-state index contributed by atoms with van der Waals surface area (Å²) in [6.07, 6.45) is 0. The van der Waals surface area contributed by atoms with Crippen molar-refractivity contribution in [1.82, 2.24) is 0 Å². The zero-order valence-corrected chi connectivity index (χ0v) is 7.74. The Kier molecular flexibility index (Phi) is 2.91. The Balaban J connectivity index is 3.05. The number of hydrogen-bond donors (Lipinski definition) is 3. The van der Waals surface area contributed by atoms with E-state index in [1.807, 2.05) is 0 Å². The zero-order valence-electron chi connectivity index (χ0n) is 7.74. The second-order valence-electron chi connectivity index (χ2n) is 2.93. The largest absolute Gasteiger partial charge is 0.508 e. The molecular weight excluding hydrogens is 185 g/mol. The van der Waals surface area contributed by atoms with Gasteiger partial charge in [-0.25, -0.2) is 9.38 Å². The molecule has 0 spiro atoms. The van der Waals surface area contributed by atoms with E-state index < -0.39 is 11.9 Å². The highest BCUT2D eigenvalue weighted by Gasteiger charge is 2.10. The highest BCUT2D eigenvalue weighted by atomic mass is 19.1. The van der Waals surface area contributed by atoms with Gasteiger partial charge in [-0.2, -0.15) is 0 Å². The van der Waals surface area contributed by atoms with Crippen LogP contribution in [0.3, 0.4) is 0 Å². The van der Waals surface area contributed by atoms with E-state index in [9.17, 15) is 9.50 Å². The molecule has 1 aromatic carbocycles. The molecule has 14 heavy (non-hydrogen) atoms. The topological polar surface area (TPSA) is 84.6 Å². The van der Waals surface area contributed by atoms with Gasteiger partial charge in [-0.05, 0) is 25.1 Å². The van der Waals surface area contributed by atoms with Gasteiger partial charge in [0, 0.05) is 5.56 Å². The number of nitrogens with zero attached hydrogens (tertiary/aromatic N) is 1. The zero-order chi connectivity index (χ0) is 10.7. The molecule has 0 saturated carbocycles. The fraction of sp³-hybridized carbons (Fsp3) is 0.222. The summed E-state index contributed by atoms with van der Waals surface area (Å²) >= 11 is 0. The first-order valence-electron chi connectivity index (χ1n) is 4.08. The lowest BCUT2D eigenvalue weighted by molar-refractivity contribution is 0.461. The second-order valence-corrected chi connectivity index (χ2v) is 2.93. The van der Waals surface area contributed by atoms with E-state index in [1.165, 1.54) is 18.2 Å². The van der Waals surface area contributed by atoms with Crippen molar-refractivity contribution in [2.75, 3.05) is 0 Å². The number of guanidine groups is 1. The molecule has 0 unspecified atom stereocenters. The Labute approximate surface area is 81.1 Å². The third-order valence-electron chi connectivity index (χ3n) is 1.78. The first-order valence-corrected chi connectivity index (χ1v) is 4.08. The van der Waals surface area contributed by atoms with Crippen LogP contribution in [0.1, 0.15) is 18.5 Å². The summed E-state index contributed by atoms with van der Waals surface area (Å²) in [7, 11) is 0. The van der Waals surface area contributed by atoms with Gasteiger partial charge in [-0.1, -0.05) is 0 Å². The van der Waals surface area contributed by atoms with Crippen molar-refractivity contribution in [3.05, 3.63) is 29.6 Å². The minimum atomic E-state index is -0.462. The minimum absolute atomic E-state index is 0.0242. The molecule has 0 fully saturated rings. The van der Waals surface area contributed by atoms with Crippen LogP contribution in [0.25, 0.3) is 0 Å². The lowest BCUT2D eigenvalue weighted by Gasteiger charge is -2.09. The Morgan fingerprint density at radius 2 is 2.14 bits per heavy atom. The maximum atomic E-state index is 12.8. The van der Waals surface area contributed by atoms with Crippen LogP contribution in [-0.2, 0) is 0 Å². The molecule has 0 aromatic heterocycles. The van der Waals surface area contributed by atoms with Gasteiger partial charge < -0.3 is 16.6 Å². The molecule has 4 nitrogen and oxygen atoms in total. The van der Waals surface area contributed by atoms with E-state index in [-0.39, 0.29) is 11.7 Å². The summed E-state index contributed by atoms with van der Waals surface area (Å²) in [5.41, 5.74) is 10.7. The molecule has 0 aliphatic rings. The van der Waals surface area contributed by atoms with Gasteiger partial charge in [0.05, 0.1) is 6.04 Å². The van der Waals surface area contributed by atoms with Crippen LogP contribution < -0.4 is 11.5 Å². The highest BCUT2D eigenvalue weighted by molar-refractivity contribution is 5.76. The number of phenolic OH excluding ortho intramolecular Hbond substituents is 1. The second kappa shape index (κ2) is 3.95. The fourth-order valence-corrected chi connectivity index (χ4v) is 1.15. The van der Waals surface area contributed by atoms with E-state index in [2.05, 4.69) is 4.99 Å². The minimum Gasteiger partial charge on any atom is -0.508 e. The smallest absolute Gasteiger partial charge is 0.186 e. The molecule has 1 rings (SSSR count). The quantitative estimate of drug-likeness (QED) is 0.485. The molecule has 0 bridgehead atoms. The number of hydrogen-bond acceptors (Lipinski definition) is 2. The number of aliphatic imine (C=N–C) groups is 1. The van der Waals surface area contributed by atoms with Crippen molar-refractivity contribution in [2.24, 2.45) is 16.5 Å². The van der Waals surface area contributed by atoms with Crippen molar-refractivity contribution in [1.29, 1.82) is 0 Å². The van der Waals surface area contributed by atoms with E-state index in [4.69, 9.17) is 11.5 Å². The SMILES string of the molecule is C[C@H](N=C(N)N)c1cc(F)ccc1O. The predicted molar refractivity (Wildman–Crippen MR) is 52.3 cm³/mol. The first-order chi connectivity index (χ1) is 6.50. The number of rotatable bonds is 2. The Bertz CT molecular complexity index is 361. The van der Waals surface area contributed by atoms with E-state index in [0.29, 0.717) is 5.56 Å². The molecule has 1 atom stereocenters. The standard InChI is InChI=1S/C9H12FN3O/c1-5(13-9(11)12)7-4-6(10)2-3-8(7)14/h2-5,14H,1H3,(H4,11,12,13)/t5-/m0/s1. The third kappa shape index (κ3) is 2.35. The van der Waals surface area contributed by atoms with Crippen molar-refractivity contribution in [3.63, 3.8) is 0 Å². The number of aromatic hydroxyl groups is 1. The van der Waals surface area contributed by atoms with Crippen LogP contribution in [0, 0.1) is 5.82 Å². The highest BCUT2D eigenvalue weighted by Crippen LogP contribution is 2.26. The van der Waals surface area contributed by atoms with Gasteiger partial charge in [-0.3, -0.25) is 0 Å². The van der Waals surface area contributed by atoms with E-state index in [1.54, 1.807) is 6.92 Å². The molecule has 0 aliphatic heterocycles. The molecule has 76 valence electrons. The average Bonchev–Trinajstić information content (AvgIpc) is 2.08. The maximum Gasteiger partial charge on any atom is 0.186 e. The molecule has 5 heteroatoms. The summed E-state index contributed by atoms with van der Waals surface area (Å²) in [6.45, 7) is 1.66. The summed E-state index contributed by atoms with van der Waals surface area (Å²) in [6, 6.07) is 3.17. The van der Waals surface area contributed by atoms with Crippen LogP contribution in [-0.4, -0.2) is 11.1 Å². The Morgan fingerprint density at radius 1 is 1.50 bits per heavy atom. The molecule has 5 N–H and O–H groups in total. The van der Waals surface area contributed by atoms with Gasteiger partial charge in [0.15, 0.2) is 5.96 Å². The first kappa shape index (κ1) is 10.3. The van der Waals surface area contributed by atoms with Gasteiger partial charge in [0.2, 0.25) is 0 Å². The van der Waals surface area contributed by atoms with Crippen molar-refractivity contribution >= 4 is 5.96 Å². The third-order valence-corrected chi connectivity index (χ3v) is 1.78. The van der Waals surface area contributed by atoms with Gasteiger partial charge >= 0.3 is 0 Å². The number of phenols is 1. The molecule has 0 aliphatic carbocycles. The summed E-state index contributed by atoms with van der Waals surface area (Å²) in [4.78, 5) is 3.80. The van der Waals surface area contributed by atoms with Crippen LogP contribution in [0.4, 0.5) is 4.39 Å². The Morgan fingerprint density at radius 3 is 2.71 bits per heavy atom. The molecule has 0 saturated heterocycles. The average molecular weight is 197 g/mol.